The van der Waals surface area contributed by atoms with Crippen molar-refractivity contribution in [3.63, 3.8) is 0 Å². The van der Waals surface area contributed by atoms with Crippen molar-refractivity contribution in [3.05, 3.63) is 107 Å². The monoisotopic (exact) mass is 442 g/mol. The van der Waals surface area contributed by atoms with Crippen LogP contribution in [0.5, 0.6) is 0 Å². The van der Waals surface area contributed by atoms with Gasteiger partial charge in [-0.15, -0.1) is 0 Å². The number of para-hydroxylation sites is 2. The molecule has 0 aliphatic carbocycles. The Kier molecular flexibility index (Phi) is 4.75. The van der Waals surface area contributed by atoms with Crippen LogP contribution >= 0.6 is 0 Å². The Morgan fingerprint density at radius 1 is 0.875 bits per heavy atom. The van der Waals surface area contributed by atoms with Crippen LogP contribution in [0.4, 0.5) is 0 Å². The molecular formula is C25H18N2O4S. The number of sulfone groups is 1. The standard InChI is InChI=1S/C25H18N2O4S/c1-17-11-13-20(14-12-17)32(29,30)23-16-26-27(19-8-3-2-4-9-19)24(23)21-15-18-7-5-6-10-22(18)31-25(21)28/h2-16H,1H3. The van der Waals surface area contributed by atoms with Gasteiger partial charge in [-0.25, -0.2) is 17.9 Å². The van der Waals surface area contributed by atoms with Gasteiger partial charge in [0.1, 0.15) is 16.2 Å². The summed E-state index contributed by atoms with van der Waals surface area (Å²) in [6, 6.07) is 24.4. The van der Waals surface area contributed by atoms with Gasteiger partial charge >= 0.3 is 5.63 Å². The number of aromatic nitrogens is 2. The zero-order chi connectivity index (χ0) is 22.3. The highest BCUT2D eigenvalue weighted by molar-refractivity contribution is 7.91. The van der Waals surface area contributed by atoms with E-state index in [1.807, 2.05) is 31.2 Å². The van der Waals surface area contributed by atoms with E-state index in [4.69, 9.17) is 4.42 Å². The lowest BCUT2D eigenvalue weighted by Crippen LogP contribution is -2.11. The first kappa shape index (κ1) is 20.0. The quantitative estimate of drug-likeness (QED) is 0.374. The Hall–Kier alpha value is -3.97. The molecule has 3 aromatic carbocycles. The highest BCUT2D eigenvalue weighted by Crippen LogP contribution is 2.33. The van der Waals surface area contributed by atoms with E-state index in [1.165, 1.54) is 10.9 Å². The van der Waals surface area contributed by atoms with Crippen molar-refractivity contribution in [2.75, 3.05) is 0 Å². The minimum absolute atomic E-state index is 0.0622. The summed E-state index contributed by atoms with van der Waals surface area (Å²) in [6.45, 7) is 1.88. The molecule has 2 heterocycles. The summed E-state index contributed by atoms with van der Waals surface area (Å²) < 4.78 is 34.1. The highest BCUT2D eigenvalue weighted by Gasteiger charge is 2.29. The molecule has 0 unspecified atom stereocenters. The van der Waals surface area contributed by atoms with Crippen molar-refractivity contribution < 1.29 is 12.8 Å². The van der Waals surface area contributed by atoms with E-state index >= 15 is 0 Å². The van der Waals surface area contributed by atoms with Crippen LogP contribution in [0, 0.1) is 6.92 Å². The van der Waals surface area contributed by atoms with E-state index < -0.39 is 15.5 Å². The van der Waals surface area contributed by atoms with Crippen molar-refractivity contribution in [1.29, 1.82) is 0 Å². The topological polar surface area (TPSA) is 82.2 Å². The molecule has 0 saturated carbocycles. The molecule has 32 heavy (non-hydrogen) atoms. The molecule has 2 aromatic heterocycles. The number of aryl methyl sites for hydroxylation is 1. The number of benzene rings is 3. The maximum Gasteiger partial charge on any atom is 0.345 e. The number of nitrogens with zero attached hydrogens (tertiary/aromatic N) is 2. The molecule has 0 N–H and O–H groups in total. The minimum atomic E-state index is -3.96. The summed E-state index contributed by atoms with van der Waals surface area (Å²) in [7, 11) is -3.96. The molecular weight excluding hydrogens is 424 g/mol. The van der Waals surface area contributed by atoms with Crippen LogP contribution in [-0.4, -0.2) is 18.2 Å². The SMILES string of the molecule is Cc1ccc(S(=O)(=O)c2cnn(-c3ccccc3)c2-c2cc3ccccc3oc2=O)cc1. The Balaban J connectivity index is 1.83. The van der Waals surface area contributed by atoms with Crippen molar-refractivity contribution in [2.24, 2.45) is 0 Å². The summed E-state index contributed by atoms with van der Waals surface area (Å²) >= 11 is 0. The average Bonchev–Trinajstić information content (AvgIpc) is 3.25. The Bertz CT molecular complexity index is 1600. The molecule has 0 aliphatic heterocycles. The lowest BCUT2D eigenvalue weighted by Gasteiger charge is -2.11. The van der Waals surface area contributed by atoms with Crippen molar-refractivity contribution >= 4 is 20.8 Å². The lowest BCUT2D eigenvalue weighted by molar-refractivity contribution is 0.562. The normalized spacial score (nSPS) is 11.7. The number of fused-ring (bicyclic) bond motifs is 1. The Morgan fingerprint density at radius 2 is 1.56 bits per heavy atom. The second-order valence-corrected chi connectivity index (χ2v) is 9.32. The molecule has 0 fully saturated rings. The van der Waals surface area contributed by atoms with Crippen LogP contribution in [0.1, 0.15) is 5.56 Å². The third kappa shape index (κ3) is 3.33. The van der Waals surface area contributed by atoms with Gasteiger partial charge in [0.15, 0.2) is 0 Å². The number of rotatable bonds is 4. The first-order valence-electron chi connectivity index (χ1n) is 9.93. The molecule has 6 nitrogen and oxygen atoms in total. The Morgan fingerprint density at radius 3 is 2.31 bits per heavy atom. The van der Waals surface area contributed by atoms with Gasteiger partial charge in [-0.2, -0.15) is 5.10 Å². The van der Waals surface area contributed by atoms with Crippen molar-refractivity contribution in [1.82, 2.24) is 9.78 Å². The lowest BCUT2D eigenvalue weighted by atomic mass is 10.1. The second kappa shape index (κ2) is 7.62. The van der Waals surface area contributed by atoms with Gasteiger partial charge in [-0.3, -0.25) is 0 Å². The van der Waals surface area contributed by atoms with Gasteiger partial charge in [0.25, 0.3) is 0 Å². The van der Waals surface area contributed by atoms with E-state index in [0.717, 1.165) is 5.56 Å². The van der Waals surface area contributed by atoms with E-state index in [1.54, 1.807) is 60.7 Å². The predicted molar refractivity (Wildman–Crippen MR) is 122 cm³/mol. The molecule has 5 rings (SSSR count). The van der Waals surface area contributed by atoms with Crippen LogP contribution < -0.4 is 5.63 Å². The minimum Gasteiger partial charge on any atom is -0.422 e. The van der Waals surface area contributed by atoms with Crippen LogP contribution in [0.2, 0.25) is 0 Å². The third-order valence-corrected chi connectivity index (χ3v) is 7.02. The Labute approximate surface area is 184 Å². The second-order valence-electron chi connectivity index (χ2n) is 7.41. The van der Waals surface area contributed by atoms with Gasteiger partial charge in [0.05, 0.1) is 22.3 Å². The molecule has 0 aliphatic rings. The molecule has 5 aromatic rings. The maximum absolute atomic E-state index is 13.6. The summed E-state index contributed by atoms with van der Waals surface area (Å²) in [5.41, 5.74) is 1.64. The van der Waals surface area contributed by atoms with Gasteiger partial charge < -0.3 is 4.42 Å². The molecule has 7 heteroatoms. The first-order valence-corrected chi connectivity index (χ1v) is 11.4. The van der Waals surface area contributed by atoms with E-state index in [0.29, 0.717) is 16.7 Å². The van der Waals surface area contributed by atoms with Gasteiger partial charge in [0.2, 0.25) is 9.84 Å². The van der Waals surface area contributed by atoms with Crippen LogP contribution in [0.15, 0.2) is 110 Å². The van der Waals surface area contributed by atoms with Crippen LogP contribution in [0.3, 0.4) is 0 Å². The van der Waals surface area contributed by atoms with Crippen LogP contribution in [0.25, 0.3) is 27.9 Å². The summed E-state index contributed by atoms with van der Waals surface area (Å²) in [4.78, 5) is 13.0. The molecule has 0 radical (unpaired) electrons. The van der Waals surface area contributed by atoms with Crippen molar-refractivity contribution in [3.8, 4) is 16.9 Å². The number of hydrogen-bond donors (Lipinski definition) is 0. The fourth-order valence-electron chi connectivity index (χ4n) is 3.61. The van der Waals surface area contributed by atoms with Gasteiger partial charge in [0, 0.05) is 5.39 Å². The largest absolute Gasteiger partial charge is 0.422 e. The molecule has 0 amide bonds. The molecule has 0 saturated heterocycles. The van der Waals surface area contributed by atoms with E-state index in [-0.39, 0.29) is 21.0 Å². The van der Waals surface area contributed by atoms with Gasteiger partial charge in [-0.05, 0) is 43.3 Å². The molecule has 0 atom stereocenters. The summed E-state index contributed by atoms with van der Waals surface area (Å²) in [6.07, 6.45) is 1.28. The van der Waals surface area contributed by atoms with E-state index in [9.17, 15) is 13.2 Å². The number of hydrogen-bond acceptors (Lipinski definition) is 5. The average molecular weight is 442 g/mol. The fourth-order valence-corrected chi connectivity index (χ4v) is 5.00. The molecule has 0 spiro atoms. The summed E-state index contributed by atoms with van der Waals surface area (Å²) in [5, 5.41) is 5.03. The van der Waals surface area contributed by atoms with Crippen LogP contribution in [-0.2, 0) is 9.84 Å². The smallest absolute Gasteiger partial charge is 0.345 e. The highest BCUT2D eigenvalue weighted by atomic mass is 32.2. The third-order valence-electron chi connectivity index (χ3n) is 5.25. The molecule has 0 bridgehead atoms. The summed E-state index contributed by atoms with van der Waals surface area (Å²) in [5.74, 6) is 0. The first-order chi connectivity index (χ1) is 15.4. The van der Waals surface area contributed by atoms with E-state index in [2.05, 4.69) is 5.10 Å². The zero-order valence-corrected chi connectivity index (χ0v) is 17.9. The zero-order valence-electron chi connectivity index (χ0n) is 17.1. The maximum atomic E-state index is 13.6. The predicted octanol–water partition coefficient (Wildman–Crippen LogP) is 4.79. The van der Waals surface area contributed by atoms with Gasteiger partial charge in [-0.1, -0.05) is 54.1 Å². The molecule has 158 valence electrons. The fraction of sp³-hybridized carbons (Fsp3) is 0.0400. The van der Waals surface area contributed by atoms with Crippen molar-refractivity contribution in [2.45, 2.75) is 16.7 Å².